The van der Waals surface area contributed by atoms with E-state index in [1.807, 2.05) is 35.2 Å². The molecular weight excluding hydrogens is 446 g/mol. The SMILES string of the molecule is CC1CCN(c2nc3c(c(=O)[nH]2)[C@@H](C(=O)Nc2ccc(Oc4ccccc4)cc2)CC(=O)N3)CC1. The lowest BCUT2D eigenvalue weighted by Crippen LogP contribution is -2.39. The van der Waals surface area contributed by atoms with Gasteiger partial charge in [-0.15, -0.1) is 0 Å². The van der Waals surface area contributed by atoms with Crippen LogP contribution in [0.4, 0.5) is 17.5 Å². The quantitative estimate of drug-likeness (QED) is 0.518. The summed E-state index contributed by atoms with van der Waals surface area (Å²) in [4.78, 5) is 47.8. The van der Waals surface area contributed by atoms with Crippen molar-refractivity contribution in [3.8, 4) is 11.5 Å². The second kappa shape index (κ2) is 9.61. The summed E-state index contributed by atoms with van der Waals surface area (Å²) in [5.74, 6) is 0.816. The molecule has 35 heavy (non-hydrogen) atoms. The highest BCUT2D eigenvalue weighted by molar-refractivity contribution is 6.04. The van der Waals surface area contributed by atoms with E-state index < -0.39 is 17.4 Å². The van der Waals surface area contributed by atoms with Crippen LogP contribution < -0.4 is 25.8 Å². The number of ether oxygens (including phenoxy) is 1. The molecule has 0 aliphatic carbocycles. The van der Waals surface area contributed by atoms with Crippen molar-refractivity contribution < 1.29 is 14.3 Å². The zero-order valence-corrected chi connectivity index (χ0v) is 19.4. The summed E-state index contributed by atoms with van der Waals surface area (Å²) in [6, 6.07) is 16.3. The molecule has 0 unspecified atom stereocenters. The fourth-order valence-electron chi connectivity index (χ4n) is 4.41. The van der Waals surface area contributed by atoms with Crippen molar-refractivity contribution in [1.29, 1.82) is 0 Å². The number of carbonyl (C=O) groups is 2. The van der Waals surface area contributed by atoms with Crippen molar-refractivity contribution in [3.05, 3.63) is 70.5 Å². The van der Waals surface area contributed by atoms with E-state index in [1.54, 1.807) is 24.3 Å². The average molecular weight is 474 g/mol. The lowest BCUT2D eigenvalue weighted by molar-refractivity contribution is -0.123. The van der Waals surface area contributed by atoms with Crippen LogP contribution in [0.3, 0.4) is 0 Å². The molecule has 0 bridgehead atoms. The standard InChI is InChI=1S/C26H27N5O4/c1-16-11-13-31(14-12-16)26-29-23-22(25(34)30-26)20(15-21(32)28-23)24(33)27-17-7-9-19(10-8-17)35-18-5-3-2-4-6-18/h2-10,16,20H,11-15H2,1H3,(H,27,33)(H2,28,29,30,32,34)/t20-/m0/s1. The maximum Gasteiger partial charge on any atom is 0.258 e. The number of anilines is 3. The highest BCUT2D eigenvalue weighted by Crippen LogP contribution is 2.31. The molecule has 1 atom stereocenters. The normalized spacial score (nSPS) is 17.9. The van der Waals surface area contributed by atoms with Crippen LogP contribution in [0.15, 0.2) is 59.4 Å². The van der Waals surface area contributed by atoms with Crippen molar-refractivity contribution in [3.63, 3.8) is 0 Å². The van der Waals surface area contributed by atoms with E-state index in [-0.39, 0.29) is 23.7 Å². The Balaban J connectivity index is 1.33. The van der Waals surface area contributed by atoms with Gasteiger partial charge in [-0.2, -0.15) is 4.98 Å². The van der Waals surface area contributed by atoms with Gasteiger partial charge in [0.2, 0.25) is 17.8 Å². The van der Waals surface area contributed by atoms with Crippen molar-refractivity contribution in [2.45, 2.75) is 32.1 Å². The zero-order chi connectivity index (χ0) is 24.4. The molecule has 1 aromatic heterocycles. The van der Waals surface area contributed by atoms with Gasteiger partial charge in [0.05, 0.1) is 11.5 Å². The minimum Gasteiger partial charge on any atom is -0.457 e. The maximum atomic E-state index is 13.1. The summed E-state index contributed by atoms with van der Waals surface area (Å²) < 4.78 is 5.77. The fourth-order valence-corrected chi connectivity index (χ4v) is 4.41. The van der Waals surface area contributed by atoms with E-state index in [0.29, 0.717) is 29.1 Å². The Kier molecular flexibility index (Phi) is 6.22. The number of aromatic nitrogens is 2. The molecule has 0 radical (unpaired) electrons. The Hall–Kier alpha value is -4.14. The smallest absolute Gasteiger partial charge is 0.258 e. The van der Waals surface area contributed by atoms with E-state index in [2.05, 4.69) is 27.5 Å². The molecule has 3 aromatic rings. The number of nitrogens with one attached hydrogen (secondary N) is 3. The summed E-state index contributed by atoms with van der Waals surface area (Å²) >= 11 is 0. The third-order valence-corrected chi connectivity index (χ3v) is 6.44. The van der Waals surface area contributed by atoms with Crippen LogP contribution in [0.25, 0.3) is 0 Å². The molecule has 1 saturated heterocycles. The van der Waals surface area contributed by atoms with Gasteiger partial charge in [0.15, 0.2) is 0 Å². The summed E-state index contributed by atoms with van der Waals surface area (Å²) in [5, 5.41) is 5.48. The number of hydrogen-bond acceptors (Lipinski definition) is 6. The van der Waals surface area contributed by atoms with Crippen LogP contribution in [0.2, 0.25) is 0 Å². The predicted octanol–water partition coefficient (Wildman–Crippen LogP) is 3.86. The van der Waals surface area contributed by atoms with Gasteiger partial charge in [-0.25, -0.2) is 0 Å². The van der Waals surface area contributed by atoms with E-state index >= 15 is 0 Å². The van der Waals surface area contributed by atoms with E-state index in [4.69, 9.17) is 4.74 Å². The molecule has 2 amide bonds. The number of carbonyl (C=O) groups excluding carboxylic acids is 2. The van der Waals surface area contributed by atoms with Crippen molar-refractivity contribution >= 4 is 29.3 Å². The summed E-state index contributed by atoms with van der Waals surface area (Å²) in [7, 11) is 0. The van der Waals surface area contributed by atoms with Crippen LogP contribution in [0.5, 0.6) is 11.5 Å². The first-order valence-corrected chi connectivity index (χ1v) is 11.8. The van der Waals surface area contributed by atoms with Gasteiger partial charge in [-0.1, -0.05) is 25.1 Å². The molecule has 3 N–H and O–H groups in total. The molecule has 5 rings (SSSR count). The summed E-state index contributed by atoms with van der Waals surface area (Å²) in [6.07, 6.45) is 1.89. The Morgan fingerprint density at radius 1 is 1.03 bits per heavy atom. The third kappa shape index (κ3) is 5.03. The number of H-pyrrole nitrogens is 1. The fraction of sp³-hybridized carbons (Fsp3) is 0.308. The van der Waals surface area contributed by atoms with Gasteiger partial charge in [0.25, 0.3) is 5.56 Å². The number of nitrogens with zero attached hydrogens (tertiary/aromatic N) is 2. The molecule has 180 valence electrons. The van der Waals surface area contributed by atoms with Crippen LogP contribution >= 0.6 is 0 Å². The van der Waals surface area contributed by atoms with Crippen LogP contribution in [0, 0.1) is 5.92 Å². The first-order chi connectivity index (χ1) is 17.0. The minimum atomic E-state index is -0.939. The van der Waals surface area contributed by atoms with Gasteiger partial charge < -0.3 is 20.3 Å². The third-order valence-electron chi connectivity index (χ3n) is 6.44. The van der Waals surface area contributed by atoms with Crippen LogP contribution in [0.1, 0.15) is 37.7 Å². The Morgan fingerprint density at radius 3 is 2.43 bits per heavy atom. The van der Waals surface area contributed by atoms with Gasteiger partial charge >= 0.3 is 0 Å². The molecule has 0 spiro atoms. The number of rotatable bonds is 5. The van der Waals surface area contributed by atoms with Crippen LogP contribution in [-0.2, 0) is 9.59 Å². The Labute approximate surface area is 202 Å². The van der Waals surface area contributed by atoms with E-state index in [0.717, 1.165) is 25.9 Å². The average Bonchev–Trinajstić information content (AvgIpc) is 2.85. The molecule has 9 nitrogen and oxygen atoms in total. The van der Waals surface area contributed by atoms with Crippen molar-refractivity contribution in [2.24, 2.45) is 5.92 Å². The lowest BCUT2D eigenvalue weighted by Gasteiger charge is -2.31. The number of amides is 2. The number of fused-ring (bicyclic) bond motifs is 1. The second-order valence-electron chi connectivity index (χ2n) is 9.06. The second-order valence-corrected chi connectivity index (χ2v) is 9.06. The minimum absolute atomic E-state index is 0.126. The number of hydrogen-bond donors (Lipinski definition) is 3. The topological polar surface area (TPSA) is 116 Å². The number of piperidine rings is 1. The highest BCUT2D eigenvalue weighted by atomic mass is 16.5. The largest absolute Gasteiger partial charge is 0.457 e. The molecule has 0 saturated carbocycles. The molecular formula is C26H27N5O4. The van der Waals surface area contributed by atoms with Crippen molar-refractivity contribution in [1.82, 2.24) is 9.97 Å². The number of para-hydroxylation sites is 1. The van der Waals surface area contributed by atoms with Gasteiger partial charge in [-0.3, -0.25) is 19.4 Å². The summed E-state index contributed by atoms with van der Waals surface area (Å²) in [5.41, 5.74) is 0.307. The van der Waals surface area contributed by atoms with Gasteiger partial charge in [0, 0.05) is 25.2 Å². The predicted molar refractivity (Wildman–Crippen MR) is 133 cm³/mol. The molecule has 3 heterocycles. The van der Waals surface area contributed by atoms with Crippen LogP contribution in [-0.4, -0.2) is 34.9 Å². The lowest BCUT2D eigenvalue weighted by atomic mass is 9.92. The first-order valence-electron chi connectivity index (χ1n) is 11.8. The zero-order valence-electron chi connectivity index (χ0n) is 19.4. The monoisotopic (exact) mass is 473 g/mol. The van der Waals surface area contributed by atoms with E-state index in [9.17, 15) is 14.4 Å². The maximum absolute atomic E-state index is 13.1. The summed E-state index contributed by atoms with van der Waals surface area (Å²) in [6.45, 7) is 3.77. The van der Waals surface area contributed by atoms with Crippen molar-refractivity contribution in [2.75, 3.05) is 28.6 Å². The Morgan fingerprint density at radius 2 is 1.71 bits per heavy atom. The first kappa shape index (κ1) is 22.6. The van der Waals surface area contributed by atoms with E-state index in [1.165, 1.54) is 0 Å². The molecule has 2 aliphatic rings. The van der Waals surface area contributed by atoms with Gasteiger partial charge in [-0.05, 0) is 55.2 Å². The molecule has 2 aromatic carbocycles. The number of aromatic amines is 1. The molecule has 9 heteroatoms. The van der Waals surface area contributed by atoms with Gasteiger partial charge in [0.1, 0.15) is 17.3 Å². The highest BCUT2D eigenvalue weighted by Gasteiger charge is 2.35. The number of benzene rings is 2. The molecule has 2 aliphatic heterocycles. The molecule has 1 fully saturated rings. The Bertz CT molecular complexity index is 1280.